The van der Waals surface area contributed by atoms with E-state index in [2.05, 4.69) is 10.3 Å². The molecule has 0 spiro atoms. The molecule has 1 aliphatic rings. The first-order valence-electron chi connectivity index (χ1n) is 13.7. The summed E-state index contributed by atoms with van der Waals surface area (Å²) in [5.74, 6) is 0.107. The molecule has 0 saturated carbocycles. The van der Waals surface area contributed by atoms with Crippen LogP contribution in [-0.4, -0.2) is 57.5 Å². The van der Waals surface area contributed by atoms with Crippen LogP contribution in [0.2, 0.25) is 0 Å². The maximum absolute atomic E-state index is 15.2. The molecule has 0 atom stereocenters. The summed E-state index contributed by atoms with van der Waals surface area (Å²) >= 11 is 0. The number of fused-ring (bicyclic) bond motifs is 1. The molecule has 0 bridgehead atoms. The number of methoxy groups -OCH3 is 1. The molecule has 1 aliphatic heterocycles. The SMILES string of the molecule is COc1ccc(Cn2nc(C3=CCN(C(=O)OC(C)(C)C)C3)c3c(-c4ccc(CNC(C)=O)c(F)c4)ccnc32)cc1. The van der Waals surface area contributed by atoms with Crippen molar-refractivity contribution in [2.75, 3.05) is 20.2 Å². The van der Waals surface area contributed by atoms with Crippen LogP contribution < -0.4 is 10.1 Å². The molecule has 0 radical (unpaired) electrons. The van der Waals surface area contributed by atoms with Crippen molar-refractivity contribution in [1.82, 2.24) is 25.0 Å². The van der Waals surface area contributed by atoms with Crippen LogP contribution in [0.5, 0.6) is 5.75 Å². The zero-order valence-corrected chi connectivity index (χ0v) is 24.4. The molecule has 1 N–H and O–H groups in total. The van der Waals surface area contributed by atoms with Crippen molar-refractivity contribution in [3.63, 3.8) is 0 Å². The monoisotopic (exact) mass is 571 g/mol. The predicted octanol–water partition coefficient (Wildman–Crippen LogP) is 5.56. The van der Waals surface area contributed by atoms with E-state index in [9.17, 15) is 9.59 Å². The first-order chi connectivity index (χ1) is 20.0. The molecule has 5 rings (SSSR count). The number of halogens is 1. The Morgan fingerprint density at radius 2 is 1.86 bits per heavy atom. The fourth-order valence-electron chi connectivity index (χ4n) is 4.85. The van der Waals surface area contributed by atoms with E-state index >= 15 is 4.39 Å². The number of hydrogen-bond donors (Lipinski definition) is 1. The molecule has 2 aromatic heterocycles. The average molecular weight is 572 g/mol. The lowest BCUT2D eigenvalue weighted by atomic mass is 9.98. The number of hydrogen-bond acceptors (Lipinski definition) is 6. The Labute approximate surface area is 243 Å². The smallest absolute Gasteiger partial charge is 0.410 e. The van der Waals surface area contributed by atoms with Crippen LogP contribution in [0.1, 0.15) is 44.5 Å². The normalized spacial score (nSPS) is 13.3. The number of nitrogens with zero attached hydrogens (tertiary/aromatic N) is 4. The number of carbonyl (C=O) groups excluding carboxylic acids is 2. The molecule has 2 amide bonds. The highest BCUT2D eigenvalue weighted by molar-refractivity contribution is 6.01. The Balaban J connectivity index is 1.56. The van der Waals surface area contributed by atoms with Gasteiger partial charge in [0, 0.05) is 31.8 Å². The van der Waals surface area contributed by atoms with Gasteiger partial charge in [0.1, 0.15) is 17.2 Å². The third-order valence-electron chi connectivity index (χ3n) is 6.89. The van der Waals surface area contributed by atoms with Crippen LogP contribution >= 0.6 is 0 Å². The number of nitrogens with one attached hydrogen (secondary N) is 1. The quantitative estimate of drug-likeness (QED) is 0.312. The second-order valence-corrected chi connectivity index (χ2v) is 11.2. The van der Waals surface area contributed by atoms with E-state index in [1.165, 1.54) is 13.0 Å². The molecule has 3 heterocycles. The molecule has 218 valence electrons. The number of rotatable bonds is 7. The second-order valence-electron chi connectivity index (χ2n) is 11.2. The van der Waals surface area contributed by atoms with Crippen LogP contribution in [0.25, 0.3) is 27.7 Å². The van der Waals surface area contributed by atoms with Crippen molar-refractivity contribution in [3.05, 3.63) is 83.4 Å². The lowest BCUT2D eigenvalue weighted by Gasteiger charge is -2.24. The van der Waals surface area contributed by atoms with Gasteiger partial charge in [-0.2, -0.15) is 5.10 Å². The summed E-state index contributed by atoms with van der Waals surface area (Å²) in [6.45, 7) is 8.16. The number of amides is 2. The minimum atomic E-state index is -0.611. The van der Waals surface area contributed by atoms with Crippen molar-refractivity contribution in [2.45, 2.75) is 46.4 Å². The van der Waals surface area contributed by atoms with Gasteiger partial charge in [0.15, 0.2) is 5.65 Å². The molecule has 4 aromatic rings. The summed E-state index contributed by atoms with van der Waals surface area (Å²) in [5, 5.41) is 8.39. The van der Waals surface area contributed by atoms with Gasteiger partial charge < -0.3 is 19.7 Å². The van der Waals surface area contributed by atoms with E-state index in [-0.39, 0.29) is 12.5 Å². The molecular weight excluding hydrogens is 537 g/mol. The molecular formula is C32H34FN5O4. The van der Waals surface area contributed by atoms with Crippen LogP contribution in [0.4, 0.5) is 9.18 Å². The molecule has 2 aromatic carbocycles. The van der Waals surface area contributed by atoms with Gasteiger partial charge in [-0.1, -0.05) is 30.3 Å². The van der Waals surface area contributed by atoms with Crippen LogP contribution in [0.3, 0.4) is 0 Å². The first kappa shape index (κ1) is 28.8. The van der Waals surface area contributed by atoms with Crippen molar-refractivity contribution in [1.29, 1.82) is 0 Å². The molecule has 0 unspecified atom stereocenters. The summed E-state index contributed by atoms with van der Waals surface area (Å²) in [6.07, 6.45) is 3.26. The predicted molar refractivity (Wildman–Crippen MR) is 158 cm³/mol. The Hall–Kier alpha value is -4.73. The van der Waals surface area contributed by atoms with Gasteiger partial charge in [0.2, 0.25) is 5.91 Å². The van der Waals surface area contributed by atoms with Gasteiger partial charge in [0.25, 0.3) is 0 Å². The van der Waals surface area contributed by atoms with Crippen molar-refractivity contribution >= 4 is 28.6 Å². The fourth-order valence-corrected chi connectivity index (χ4v) is 4.85. The summed E-state index contributed by atoms with van der Waals surface area (Å²) in [7, 11) is 1.62. The third-order valence-corrected chi connectivity index (χ3v) is 6.89. The topological polar surface area (TPSA) is 98.6 Å². The maximum Gasteiger partial charge on any atom is 0.410 e. The van der Waals surface area contributed by atoms with E-state index in [1.807, 2.05) is 67.9 Å². The van der Waals surface area contributed by atoms with Gasteiger partial charge in [-0.3, -0.25) is 4.79 Å². The number of carbonyl (C=O) groups is 2. The summed E-state index contributed by atoms with van der Waals surface area (Å²) in [5.41, 5.74) is 4.37. The maximum atomic E-state index is 15.2. The van der Waals surface area contributed by atoms with E-state index in [4.69, 9.17) is 14.6 Å². The van der Waals surface area contributed by atoms with Gasteiger partial charge in [-0.05, 0) is 67.3 Å². The van der Waals surface area contributed by atoms with E-state index in [0.717, 1.165) is 27.8 Å². The fraction of sp³-hybridized carbons (Fsp3) is 0.312. The van der Waals surface area contributed by atoms with Gasteiger partial charge in [0.05, 0.1) is 31.3 Å². The highest BCUT2D eigenvalue weighted by Crippen LogP contribution is 2.36. The number of aromatic nitrogens is 3. The van der Waals surface area contributed by atoms with Crippen molar-refractivity contribution in [2.24, 2.45) is 0 Å². The first-order valence-corrected chi connectivity index (χ1v) is 13.7. The minimum absolute atomic E-state index is 0.103. The number of ether oxygens (including phenoxy) is 2. The number of pyridine rings is 1. The summed E-state index contributed by atoms with van der Waals surface area (Å²) < 4.78 is 27.9. The molecule has 42 heavy (non-hydrogen) atoms. The largest absolute Gasteiger partial charge is 0.497 e. The zero-order chi connectivity index (χ0) is 30.0. The van der Waals surface area contributed by atoms with E-state index in [0.29, 0.717) is 42.1 Å². The Bertz CT molecular complexity index is 1670. The summed E-state index contributed by atoms with van der Waals surface area (Å²) in [4.78, 5) is 30.4. The second kappa shape index (κ2) is 11.6. The lowest BCUT2D eigenvalue weighted by Crippen LogP contribution is -2.35. The van der Waals surface area contributed by atoms with E-state index in [1.54, 1.807) is 24.3 Å². The highest BCUT2D eigenvalue weighted by Gasteiger charge is 2.29. The molecule has 0 saturated heterocycles. The Morgan fingerprint density at radius 1 is 1.10 bits per heavy atom. The van der Waals surface area contributed by atoms with Crippen molar-refractivity contribution < 1.29 is 23.5 Å². The molecule has 10 heteroatoms. The lowest BCUT2D eigenvalue weighted by molar-refractivity contribution is -0.119. The van der Waals surface area contributed by atoms with Gasteiger partial charge in [-0.25, -0.2) is 18.9 Å². The van der Waals surface area contributed by atoms with Crippen molar-refractivity contribution in [3.8, 4) is 16.9 Å². The average Bonchev–Trinajstić information content (AvgIpc) is 3.57. The molecule has 9 nitrogen and oxygen atoms in total. The Kier molecular flexibility index (Phi) is 7.98. The minimum Gasteiger partial charge on any atom is -0.497 e. The van der Waals surface area contributed by atoms with Gasteiger partial charge in [-0.15, -0.1) is 0 Å². The van der Waals surface area contributed by atoms with Gasteiger partial charge >= 0.3 is 6.09 Å². The zero-order valence-electron chi connectivity index (χ0n) is 24.4. The number of benzene rings is 2. The van der Waals surface area contributed by atoms with Crippen LogP contribution in [-0.2, 0) is 22.6 Å². The Morgan fingerprint density at radius 3 is 2.52 bits per heavy atom. The third kappa shape index (κ3) is 6.27. The molecule has 0 aliphatic carbocycles. The molecule has 0 fully saturated rings. The summed E-state index contributed by atoms with van der Waals surface area (Å²) in [6, 6.07) is 14.5. The van der Waals surface area contributed by atoms with Crippen LogP contribution in [0, 0.1) is 5.82 Å². The standard InChI is InChI=1S/C32H34FN5O4/c1-20(39)35-17-23-9-8-22(16-27(23)33)26-12-14-34-30-28(26)29(24-13-15-37(19-24)31(40)42-32(2,3)4)36-38(30)18-21-6-10-25(41-5)11-7-21/h6-14,16H,15,17-19H2,1-5H3,(H,35,39). The van der Waals surface area contributed by atoms with E-state index < -0.39 is 17.5 Å². The van der Waals surface area contributed by atoms with Crippen LogP contribution in [0.15, 0.2) is 60.8 Å². The highest BCUT2D eigenvalue weighted by atomic mass is 19.1.